The van der Waals surface area contributed by atoms with Crippen molar-refractivity contribution in [2.45, 2.75) is 38.2 Å². The monoisotopic (exact) mass is 486 g/mol. The van der Waals surface area contributed by atoms with E-state index in [0.717, 1.165) is 74.2 Å². The van der Waals surface area contributed by atoms with Crippen LogP contribution in [0.2, 0.25) is 0 Å². The van der Waals surface area contributed by atoms with E-state index in [1.54, 1.807) is 0 Å². The second kappa shape index (κ2) is 9.17. The molecule has 7 rings (SSSR count). The molecule has 0 bridgehead atoms. The molecule has 1 fully saturated rings. The molecule has 0 aliphatic heterocycles. The summed E-state index contributed by atoms with van der Waals surface area (Å²) in [6.07, 6.45) is 15.5. The number of nitrogens with zero attached hydrogens (tertiary/aromatic N) is 4. The molecule has 2 N–H and O–H groups in total. The first kappa shape index (κ1) is 21.7. The lowest BCUT2D eigenvalue weighted by atomic mass is 9.98. The Labute approximate surface area is 214 Å². The molecular formula is C30H26N6O. The molecule has 0 amide bonds. The van der Waals surface area contributed by atoms with Crippen molar-refractivity contribution in [2.24, 2.45) is 0 Å². The van der Waals surface area contributed by atoms with Crippen LogP contribution in [0.5, 0.6) is 5.75 Å². The molecular weight excluding hydrogens is 460 g/mol. The van der Waals surface area contributed by atoms with Gasteiger partial charge in [0, 0.05) is 41.1 Å². The van der Waals surface area contributed by atoms with E-state index >= 15 is 0 Å². The first-order valence-corrected chi connectivity index (χ1v) is 12.8. The van der Waals surface area contributed by atoms with Crippen molar-refractivity contribution in [1.29, 1.82) is 0 Å². The maximum atomic E-state index is 6.27. The van der Waals surface area contributed by atoms with E-state index in [1.807, 2.05) is 49.2 Å². The summed E-state index contributed by atoms with van der Waals surface area (Å²) < 4.78 is 6.27. The average molecular weight is 487 g/mol. The Bertz CT molecular complexity index is 1700. The normalized spacial score (nSPS) is 14.4. The lowest BCUT2D eigenvalue weighted by Crippen LogP contribution is -2.19. The fraction of sp³-hybridized carbons (Fsp3) is 0.200. The van der Waals surface area contributed by atoms with E-state index in [9.17, 15) is 0 Å². The third-order valence-corrected chi connectivity index (χ3v) is 7.24. The van der Waals surface area contributed by atoms with Crippen LogP contribution in [-0.4, -0.2) is 36.2 Å². The van der Waals surface area contributed by atoms with Crippen LogP contribution in [-0.2, 0) is 0 Å². The van der Waals surface area contributed by atoms with Crippen LogP contribution in [0.4, 0.5) is 0 Å². The van der Waals surface area contributed by atoms with Crippen LogP contribution in [0.3, 0.4) is 0 Å². The van der Waals surface area contributed by atoms with Gasteiger partial charge in [0.15, 0.2) is 0 Å². The summed E-state index contributed by atoms with van der Waals surface area (Å²) in [5, 5.41) is 9.93. The minimum absolute atomic E-state index is 0.293. The Morgan fingerprint density at radius 1 is 0.757 bits per heavy atom. The summed E-state index contributed by atoms with van der Waals surface area (Å²) in [4.78, 5) is 16.7. The summed E-state index contributed by atoms with van der Waals surface area (Å²) >= 11 is 0. The van der Waals surface area contributed by atoms with Gasteiger partial charge in [-0.15, -0.1) is 0 Å². The van der Waals surface area contributed by atoms with Crippen LogP contribution in [0.1, 0.15) is 32.1 Å². The second-order valence-corrected chi connectivity index (χ2v) is 9.66. The minimum Gasteiger partial charge on any atom is -0.489 e. The van der Waals surface area contributed by atoms with Crippen LogP contribution < -0.4 is 4.74 Å². The van der Waals surface area contributed by atoms with E-state index in [2.05, 4.69) is 60.5 Å². The fourth-order valence-corrected chi connectivity index (χ4v) is 5.35. The number of ether oxygens (including phenoxy) is 1. The van der Waals surface area contributed by atoms with Crippen molar-refractivity contribution < 1.29 is 4.74 Å². The van der Waals surface area contributed by atoms with Crippen molar-refractivity contribution in [1.82, 2.24) is 30.1 Å². The van der Waals surface area contributed by atoms with Crippen molar-refractivity contribution in [2.75, 3.05) is 0 Å². The standard InChI is InChI=1S/C30H26N6O/c1-2-4-22(5-3-1)37-23-14-21(17-32-18-23)20-6-7-27-26(15-20)29(36-35-27)28-16-25-24(10-13-33-30(25)34-28)19-8-11-31-12-9-19/h6-18,22H,1-5H2,(H,33,34)(H,35,36). The van der Waals surface area contributed by atoms with Gasteiger partial charge in [0.25, 0.3) is 0 Å². The Balaban J connectivity index is 1.26. The van der Waals surface area contributed by atoms with Crippen molar-refractivity contribution in [3.63, 3.8) is 0 Å². The summed E-state index contributed by atoms with van der Waals surface area (Å²) in [5.74, 6) is 0.835. The molecule has 1 aromatic carbocycles. The number of aromatic nitrogens is 6. The first-order valence-electron chi connectivity index (χ1n) is 12.8. The van der Waals surface area contributed by atoms with Crippen LogP contribution in [0, 0.1) is 0 Å². The molecule has 0 unspecified atom stereocenters. The number of hydrogen-bond acceptors (Lipinski definition) is 5. The number of hydrogen-bond donors (Lipinski definition) is 2. The topological polar surface area (TPSA) is 92.4 Å². The molecule has 37 heavy (non-hydrogen) atoms. The highest BCUT2D eigenvalue weighted by molar-refractivity contribution is 6.00. The largest absolute Gasteiger partial charge is 0.489 e. The number of H-pyrrole nitrogens is 2. The van der Waals surface area contributed by atoms with Crippen LogP contribution >= 0.6 is 0 Å². The highest BCUT2D eigenvalue weighted by Crippen LogP contribution is 2.35. The summed E-state index contributed by atoms with van der Waals surface area (Å²) in [6.45, 7) is 0. The predicted molar refractivity (Wildman–Crippen MR) is 145 cm³/mol. The van der Waals surface area contributed by atoms with Crippen molar-refractivity contribution in [3.8, 4) is 39.4 Å². The molecule has 5 aromatic heterocycles. The zero-order valence-corrected chi connectivity index (χ0v) is 20.3. The van der Waals surface area contributed by atoms with E-state index in [0.29, 0.717) is 6.10 Å². The van der Waals surface area contributed by atoms with Crippen LogP contribution in [0.15, 0.2) is 79.5 Å². The fourth-order valence-electron chi connectivity index (χ4n) is 5.35. The lowest BCUT2D eigenvalue weighted by Gasteiger charge is -2.23. The Hall–Kier alpha value is -4.52. The second-order valence-electron chi connectivity index (χ2n) is 9.66. The van der Waals surface area contributed by atoms with E-state index in [1.165, 1.54) is 19.3 Å². The molecule has 0 radical (unpaired) electrons. The van der Waals surface area contributed by atoms with Gasteiger partial charge in [-0.3, -0.25) is 15.1 Å². The molecule has 6 aromatic rings. The minimum atomic E-state index is 0.293. The van der Waals surface area contributed by atoms with E-state index < -0.39 is 0 Å². The van der Waals surface area contributed by atoms with Gasteiger partial charge < -0.3 is 9.72 Å². The zero-order chi connectivity index (χ0) is 24.6. The number of nitrogens with one attached hydrogen (secondary N) is 2. The maximum Gasteiger partial charge on any atom is 0.138 e. The zero-order valence-electron chi connectivity index (χ0n) is 20.3. The quantitative estimate of drug-likeness (QED) is 0.275. The van der Waals surface area contributed by atoms with Crippen molar-refractivity contribution >= 4 is 21.9 Å². The van der Waals surface area contributed by atoms with Gasteiger partial charge in [0.2, 0.25) is 0 Å². The molecule has 7 heteroatoms. The molecule has 1 aliphatic rings. The van der Waals surface area contributed by atoms with Crippen LogP contribution in [0.25, 0.3) is 55.6 Å². The Morgan fingerprint density at radius 3 is 2.54 bits per heavy atom. The third kappa shape index (κ3) is 4.12. The molecule has 1 saturated carbocycles. The van der Waals surface area contributed by atoms with Gasteiger partial charge >= 0.3 is 0 Å². The molecule has 0 atom stereocenters. The van der Waals surface area contributed by atoms with Crippen molar-refractivity contribution in [3.05, 3.63) is 79.5 Å². The smallest absolute Gasteiger partial charge is 0.138 e. The van der Waals surface area contributed by atoms with Gasteiger partial charge in [-0.05, 0) is 84.8 Å². The SMILES string of the molecule is c1cc(-c2ccnc3[nH]c(-c4n[nH]c5ccc(-c6cncc(OC7CCCCC7)c6)cc45)cc23)ccn1. The molecule has 1 aliphatic carbocycles. The van der Waals surface area contributed by atoms with Gasteiger partial charge in [0.1, 0.15) is 17.1 Å². The number of fused-ring (bicyclic) bond motifs is 2. The number of benzene rings is 1. The molecule has 5 heterocycles. The van der Waals surface area contributed by atoms with E-state index in [4.69, 9.17) is 4.74 Å². The van der Waals surface area contributed by atoms with Gasteiger partial charge in [-0.25, -0.2) is 4.98 Å². The summed E-state index contributed by atoms with van der Waals surface area (Å²) in [7, 11) is 0. The Kier molecular flexibility index (Phi) is 5.39. The lowest BCUT2D eigenvalue weighted by molar-refractivity contribution is 0.154. The summed E-state index contributed by atoms with van der Waals surface area (Å²) in [5.41, 5.74) is 7.89. The van der Waals surface area contributed by atoms with Gasteiger partial charge in [-0.2, -0.15) is 5.10 Å². The highest BCUT2D eigenvalue weighted by Gasteiger charge is 2.17. The molecule has 0 spiro atoms. The highest BCUT2D eigenvalue weighted by atomic mass is 16.5. The average Bonchev–Trinajstić information content (AvgIpc) is 3.58. The van der Waals surface area contributed by atoms with E-state index in [-0.39, 0.29) is 0 Å². The summed E-state index contributed by atoms with van der Waals surface area (Å²) in [6, 6.07) is 16.6. The number of aromatic amines is 2. The van der Waals surface area contributed by atoms with Gasteiger partial charge in [-0.1, -0.05) is 12.5 Å². The predicted octanol–water partition coefficient (Wildman–Crippen LogP) is 6.94. The molecule has 0 saturated heterocycles. The third-order valence-electron chi connectivity index (χ3n) is 7.24. The first-order chi connectivity index (χ1) is 18.3. The van der Waals surface area contributed by atoms with Gasteiger partial charge in [0.05, 0.1) is 23.5 Å². The molecule has 7 nitrogen and oxygen atoms in total. The number of pyridine rings is 3. The maximum absolute atomic E-state index is 6.27. The number of rotatable bonds is 5. The molecule has 182 valence electrons. The Morgan fingerprint density at radius 2 is 1.65 bits per heavy atom.